The highest BCUT2D eigenvalue weighted by Gasteiger charge is 2.07. The van der Waals surface area contributed by atoms with Crippen molar-refractivity contribution in [3.05, 3.63) is 31.4 Å². The Balaban J connectivity index is 3.71. The van der Waals surface area contributed by atoms with Gasteiger partial charge < -0.3 is 0 Å². The summed E-state index contributed by atoms with van der Waals surface area (Å²) >= 11 is 0. The molecule has 0 aliphatic carbocycles. The van der Waals surface area contributed by atoms with E-state index >= 15 is 0 Å². The minimum atomic E-state index is -0.00292. The van der Waals surface area contributed by atoms with Crippen molar-refractivity contribution in [1.82, 2.24) is 5.32 Å². The minimum Gasteiger partial charge on any atom is -0.297 e. The Morgan fingerprint density at radius 2 is 2.30 bits per heavy atom. The van der Waals surface area contributed by atoms with Gasteiger partial charge >= 0.3 is 0 Å². The number of rotatable bonds is 5. The van der Waals surface area contributed by atoms with E-state index in [1.165, 1.54) is 13.0 Å². The molecule has 0 aromatic heterocycles. The molecule has 10 heavy (non-hydrogen) atoms. The first kappa shape index (κ1) is 9.11. The van der Waals surface area contributed by atoms with Gasteiger partial charge in [-0.1, -0.05) is 12.2 Å². The molecule has 1 radical (unpaired) electrons. The van der Waals surface area contributed by atoms with E-state index in [1.54, 1.807) is 6.08 Å². The van der Waals surface area contributed by atoms with Gasteiger partial charge in [0.25, 0.3) is 0 Å². The van der Waals surface area contributed by atoms with Crippen molar-refractivity contribution < 1.29 is 4.79 Å². The molecule has 1 N–H and O–H groups in total. The predicted molar refractivity (Wildman–Crippen MR) is 42.3 cm³/mol. The zero-order chi connectivity index (χ0) is 7.98. The van der Waals surface area contributed by atoms with Crippen LogP contribution in [0.1, 0.15) is 6.92 Å². The van der Waals surface area contributed by atoms with Crippen LogP contribution >= 0.6 is 0 Å². The maximum atomic E-state index is 10.7. The van der Waals surface area contributed by atoms with Gasteiger partial charge in [-0.15, -0.1) is 13.2 Å². The highest BCUT2D eigenvalue weighted by Crippen LogP contribution is 1.95. The zero-order valence-electron chi connectivity index (χ0n) is 6.18. The molecule has 0 aliphatic heterocycles. The second kappa shape index (κ2) is 4.94. The summed E-state index contributed by atoms with van der Waals surface area (Å²) in [6.45, 7) is 9.08. The lowest BCUT2D eigenvalue weighted by molar-refractivity contribution is -0.115. The highest BCUT2D eigenvalue weighted by atomic mass is 16.3. The van der Waals surface area contributed by atoms with Crippen LogP contribution in [0.15, 0.2) is 25.3 Å². The van der Waals surface area contributed by atoms with Crippen molar-refractivity contribution in [1.29, 1.82) is 0 Å². The predicted octanol–water partition coefficient (Wildman–Crippen LogP) is 1.07. The van der Waals surface area contributed by atoms with Crippen LogP contribution in [0, 0.1) is 6.04 Å². The van der Waals surface area contributed by atoms with Gasteiger partial charge in [0.1, 0.15) is 6.04 Å². The molecule has 2 heteroatoms. The summed E-state index contributed by atoms with van der Waals surface area (Å²) in [5.41, 5.74) is 0. The molecular weight excluding hydrogens is 130 g/mol. The van der Waals surface area contributed by atoms with E-state index in [4.69, 9.17) is 0 Å². The molecule has 0 bridgehead atoms. The molecule has 0 heterocycles. The molecular formula is C8H12NO. The molecule has 0 fully saturated rings. The Morgan fingerprint density at radius 3 is 2.60 bits per heavy atom. The number of carbonyl (C=O) groups is 1. The molecule has 0 rings (SSSR count). The summed E-state index contributed by atoms with van der Waals surface area (Å²) in [6, 6.07) is 0.542. The lowest BCUT2D eigenvalue weighted by Gasteiger charge is -2.06. The van der Waals surface area contributed by atoms with Crippen LogP contribution in [0.2, 0.25) is 0 Å². The van der Waals surface area contributed by atoms with Crippen LogP contribution in [0.3, 0.4) is 0 Å². The van der Waals surface area contributed by atoms with E-state index in [1.807, 2.05) is 0 Å². The average Bonchev–Trinajstić information content (AvgIpc) is 1.89. The topological polar surface area (TPSA) is 29.1 Å². The van der Waals surface area contributed by atoms with Crippen molar-refractivity contribution >= 4 is 5.78 Å². The van der Waals surface area contributed by atoms with Crippen molar-refractivity contribution in [2.24, 2.45) is 0 Å². The molecule has 0 saturated carbocycles. The molecule has 2 nitrogen and oxygen atoms in total. The standard InChI is InChI=1S/C8H12NO/c1-4-6-9-8(5-2)7(3)10/h4-5,9H,1-2,6H2,3H3/i6+2,7+2. The summed E-state index contributed by atoms with van der Waals surface area (Å²) in [6.07, 6.45) is 3.19. The first-order valence-corrected chi connectivity index (χ1v) is 3.07. The molecule has 0 amide bonds. The highest BCUT2D eigenvalue weighted by molar-refractivity contribution is 5.91. The van der Waals surface area contributed by atoms with Gasteiger partial charge in [0.05, 0.1) is 0 Å². The fraction of sp³-hybridized carbons (Fsp3) is 0.250. The number of ketones is 1. The van der Waals surface area contributed by atoms with Gasteiger partial charge in [-0.05, 0) is 6.92 Å². The number of carbonyl (C=O) groups excluding carboxylic acids is 1. The molecule has 0 spiro atoms. The lowest BCUT2D eigenvalue weighted by atomic mass is 10.5. The molecule has 0 atom stereocenters. The van der Waals surface area contributed by atoms with Crippen molar-refractivity contribution in [3.8, 4) is 0 Å². The van der Waals surface area contributed by atoms with Gasteiger partial charge in [0, 0.05) is 6.54 Å². The molecule has 0 saturated heterocycles. The van der Waals surface area contributed by atoms with E-state index in [2.05, 4.69) is 18.5 Å². The van der Waals surface area contributed by atoms with Crippen LogP contribution in [0.4, 0.5) is 0 Å². The fourth-order valence-electron chi connectivity index (χ4n) is 0.522. The lowest BCUT2D eigenvalue weighted by Crippen LogP contribution is -2.24. The van der Waals surface area contributed by atoms with Crippen LogP contribution in [0.25, 0.3) is 0 Å². The largest absolute Gasteiger partial charge is 0.297 e. The molecule has 0 unspecified atom stereocenters. The van der Waals surface area contributed by atoms with Crippen LogP contribution in [-0.2, 0) is 4.79 Å². The van der Waals surface area contributed by atoms with E-state index in [0.29, 0.717) is 12.6 Å². The molecule has 55 valence electrons. The monoisotopic (exact) mass is 142 g/mol. The van der Waals surface area contributed by atoms with Crippen LogP contribution in [0.5, 0.6) is 0 Å². The smallest absolute Gasteiger partial charge is 0.156 e. The summed E-state index contributed by atoms with van der Waals surface area (Å²) in [4.78, 5) is 10.7. The Kier molecular flexibility index (Phi) is 4.50. The zero-order valence-corrected chi connectivity index (χ0v) is 6.18. The summed E-state index contributed by atoms with van der Waals surface area (Å²) in [7, 11) is 0. The summed E-state index contributed by atoms with van der Waals surface area (Å²) in [5.74, 6) is -0.00292. The summed E-state index contributed by atoms with van der Waals surface area (Å²) < 4.78 is 0. The second-order valence-corrected chi connectivity index (χ2v) is 1.84. The van der Waals surface area contributed by atoms with Crippen LogP contribution in [-0.4, -0.2) is 12.3 Å². The van der Waals surface area contributed by atoms with Gasteiger partial charge in [-0.2, -0.15) is 0 Å². The van der Waals surface area contributed by atoms with Crippen LogP contribution < -0.4 is 5.32 Å². The Morgan fingerprint density at radius 1 is 1.70 bits per heavy atom. The SMILES string of the molecule is C=C[14CH2]N[C](C=C)[14C](C)=O. The second-order valence-electron chi connectivity index (χ2n) is 1.84. The third-order valence-electron chi connectivity index (χ3n) is 1.02. The maximum Gasteiger partial charge on any atom is 0.156 e. The minimum absolute atomic E-state index is 0.00292. The van der Waals surface area contributed by atoms with Gasteiger partial charge in [0.15, 0.2) is 5.78 Å². The Labute approximate surface area is 61.6 Å². The van der Waals surface area contributed by atoms with Gasteiger partial charge in [0.2, 0.25) is 0 Å². The average molecular weight is 142 g/mol. The first-order valence-electron chi connectivity index (χ1n) is 3.07. The number of hydrogen-bond acceptors (Lipinski definition) is 2. The maximum absolute atomic E-state index is 10.7. The number of hydrogen-bond donors (Lipinski definition) is 1. The molecule has 0 aromatic rings. The molecule has 0 aliphatic rings. The summed E-state index contributed by atoms with van der Waals surface area (Å²) in [5, 5.41) is 2.85. The molecule has 0 aromatic carbocycles. The number of nitrogens with one attached hydrogen (secondary N) is 1. The quantitative estimate of drug-likeness (QED) is 0.582. The van der Waals surface area contributed by atoms with Crippen molar-refractivity contribution in [2.45, 2.75) is 6.92 Å². The van der Waals surface area contributed by atoms with E-state index in [9.17, 15) is 4.79 Å². The number of Topliss-reactive ketones (excluding diaryl/α,β-unsaturated/α-hetero) is 1. The van der Waals surface area contributed by atoms with Crippen molar-refractivity contribution in [3.63, 3.8) is 0 Å². The van der Waals surface area contributed by atoms with E-state index < -0.39 is 0 Å². The Hall–Kier alpha value is -0.890. The third kappa shape index (κ3) is 3.20. The first-order chi connectivity index (χ1) is 4.72. The van der Waals surface area contributed by atoms with Gasteiger partial charge in [-0.25, -0.2) is 0 Å². The normalized spacial score (nSPS) is 9.40. The van der Waals surface area contributed by atoms with Crippen molar-refractivity contribution in [2.75, 3.05) is 6.54 Å². The van der Waals surface area contributed by atoms with Gasteiger partial charge in [-0.3, -0.25) is 10.1 Å². The fourth-order valence-corrected chi connectivity index (χ4v) is 0.522. The van der Waals surface area contributed by atoms with E-state index in [-0.39, 0.29) is 5.78 Å². The third-order valence-corrected chi connectivity index (χ3v) is 1.02. The van der Waals surface area contributed by atoms with E-state index in [0.717, 1.165) is 0 Å². The Bertz CT molecular complexity index is 140.